The highest BCUT2D eigenvalue weighted by molar-refractivity contribution is 5.76. The summed E-state index contributed by atoms with van der Waals surface area (Å²) < 4.78 is 0. The molecule has 3 N–H and O–H groups in total. The van der Waals surface area contributed by atoms with Gasteiger partial charge in [0.1, 0.15) is 0 Å². The second-order valence-electron chi connectivity index (χ2n) is 18.6. The highest BCUT2D eigenvalue weighted by Gasteiger charge is 2.18. The van der Waals surface area contributed by atoms with E-state index >= 15 is 0 Å². The first kappa shape index (κ1) is 58.6. The highest BCUT2D eigenvalue weighted by atomic mass is 16.3. The summed E-state index contributed by atoms with van der Waals surface area (Å²) in [5, 5.41) is 22.9. The normalized spacial score (nSPS) is 13.1. The Morgan fingerprint density at radius 2 is 0.667 bits per heavy atom. The maximum absolute atomic E-state index is 12.4. The van der Waals surface area contributed by atoms with Gasteiger partial charge in [0.2, 0.25) is 5.91 Å². The first-order valence-corrected chi connectivity index (χ1v) is 27.2. The monoisotopic (exact) mass is 842 g/mol. The molecule has 0 aliphatic rings. The maximum atomic E-state index is 12.4. The number of hydrogen-bond acceptors (Lipinski definition) is 3. The van der Waals surface area contributed by atoms with E-state index in [1.807, 2.05) is 6.08 Å². The number of rotatable bonds is 50. The van der Waals surface area contributed by atoms with E-state index in [1.165, 1.54) is 231 Å². The molecular weight excluding hydrogens is 735 g/mol. The Balaban J connectivity index is 3.33. The Morgan fingerprint density at radius 1 is 0.400 bits per heavy atom. The van der Waals surface area contributed by atoms with Crippen molar-refractivity contribution < 1.29 is 15.0 Å². The summed E-state index contributed by atoms with van der Waals surface area (Å²) in [6.07, 6.45) is 70.6. The van der Waals surface area contributed by atoms with Gasteiger partial charge in [-0.2, -0.15) is 0 Å². The summed E-state index contributed by atoms with van der Waals surface area (Å²) in [6.45, 7) is 4.19. The Hall–Kier alpha value is -1.39. The summed E-state index contributed by atoms with van der Waals surface area (Å²) in [5.74, 6) is -0.0759. The molecule has 60 heavy (non-hydrogen) atoms. The van der Waals surface area contributed by atoms with E-state index in [0.29, 0.717) is 6.42 Å². The smallest absolute Gasteiger partial charge is 0.220 e. The van der Waals surface area contributed by atoms with Gasteiger partial charge in [-0.05, 0) is 38.5 Å². The molecule has 2 unspecified atom stereocenters. The molecular formula is C56H107NO3. The molecule has 0 bridgehead atoms. The first-order chi connectivity index (χ1) is 29.7. The van der Waals surface area contributed by atoms with Crippen LogP contribution >= 0.6 is 0 Å². The third-order valence-corrected chi connectivity index (χ3v) is 12.6. The van der Waals surface area contributed by atoms with Crippen LogP contribution in [0.15, 0.2) is 36.5 Å². The van der Waals surface area contributed by atoms with Crippen LogP contribution in [0.4, 0.5) is 0 Å². The van der Waals surface area contributed by atoms with Crippen LogP contribution in [0.25, 0.3) is 0 Å². The van der Waals surface area contributed by atoms with Crippen molar-refractivity contribution in [2.24, 2.45) is 0 Å². The number of amides is 1. The molecule has 0 heterocycles. The topological polar surface area (TPSA) is 69.6 Å². The van der Waals surface area contributed by atoms with Gasteiger partial charge in [0.15, 0.2) is 0 Å². The molecule has 0 aromatic heterocycles. The van der Waals surface area contributed by atoms with Crippen LogP contribution in [0.5, 0.6) is 0 Å². The van der Waals surface area contributed by atoms with Crippen molar-refractivity contribution in [3.05, 3.63) is 36.5 Å². The Kier molecular flexibility index (Phi) is 50.8. The SMILES string of the molecule is CC/C=C/CC/C=C/CC/C=C/C(O)C(CO)NC(=O)CCCCCCCCCCCCCCCCCCCCCCCCCCCCCCCCCCCCCCCC. The molecule has 0 fully saturated rings. The minimum atomic E-state index is -0.866. The van der Waals surface area contributed by atoms with E-state index in [4.69, 9.17) is 0 Å². The first-order valence-electron chi connectivity index (χ1n) is 27.2. The molecule has 1 amide bonds. The Bertz CT molecular complexity index is 912. The third-order valence-electron chi connectivity index (χ3n) is 12.6. The standard InChI is InChI=1S/C56H107NO3/c1-3-5-7-9-11-13-15-16-17-18-19-20-21-22-23-24-25-26-27-28-29-30-31-32-33-34-35-36-37-38-39-40-41-42-44-46-48-50-52-56(60)57-54(53-58)55(59)51-49-47-45-43-14-12-10-8-6-4-2/h6,8,14,43,49,51,54-55,58-59H,3-5,7,9-13,15-42,44-48,50,52-53H2,1-2H3,(H,57,60)/b8-6+,43-14+,51-49+. The van der Waals surface area contributed by atoms with Crippen LogP contribution in [-0.4, -0.2) is 34.9 Å². The van der Waals surface area contributed by atoms with Crippen LogP contribution in [0, 0.1) is 0 Å². The lowest BCUT2D eigenvalue weighted by atomic mass is 10.0. The average molecular weight is 842 g/mol. The summed E-state index contributed by atoms with van der Waals surface area (Å²) in [6, 6.07) is -0.641. The summed E-state index contributed by atoms with van der Waals surface area (Å²) in [5.41, 5.74) is 0. The van der Waals surface area contributed by atoms with Crippen molar-refractivity contribution in [3.63, 3.8) is 0 Å². The minimum absolute atomic E-state index is 0.0759. The maximum Gasteiger partial charge on any atom is 0.220 e. The number of allylic oxidation sites excluding steroid dienone is 5. The summed E-state index contributed by atoms with van der Waals surface area (Å²) in [4.78, 5) is 12.4. The van der Waals surface area contributed by atoms with Gasteiger partial charge < -0.3 is 15.5 Å². The number of carbonyl (C=O) groups is 1. The fourth-order valence-corrected chi connectivity index (χ4v) is 8.52. The van der Waals surface area contributed by atoms with Gasteiger partial charge in [0.05, 0.1) is 18.8 Å². The molecule has 0 saturated carbocycles. The largest absolute Gasteiger partial charge is 0.394 e. The van der Waals surface area contributed by atoms with E-state index in [1.54, 1.807) is 6.08 Å². The van der Waals surface area contributed by atoms with Gasteiger partial charge in [-0.1, -0.05) is 288 Å². The van der Waals surface area contributed by atoms with Crippen molar-refractivity contribution >= 4 is 5.91 Å². The number of unbranched alkanes of at least 4 members (excludes halogenated alkanes) is 39. The predicted octanol–water partition coefficient (Wildman–Crippen LogP) is 17.7. The van der Waals surface area contributed by atoms with Crippen LogP contribution in [0.2, 0.25) is 0 Å². The highest BCUT2D eigenvalue weighted by Crippen LogP contribution is 2.18. The third kappa shape index (κ3) is 47.7. The quantitative estimate of drug-likeness (QED) is 0.0422. The Morgan fingerprint density at radius 3 is 0.950 bits per heavy atom. The Labute approximate surface area is 376 Å². The van der Waals surface area contributed by atoms with Crippen molar-refractivity contribution in [2.75, 3.05) is 6.61 Å². The van der Waals surface area contributed by atoms with Gasteiger partial charge >= 0.3 is 0 Å². The second kappa shape index (κ2) is 52.0. The second-order valence-corrected chi connectivity index (χ2v) is 18.6. The predicted molar refractivity (Wildman–Crippen MR) is 267 cm³/mol. The van der Waals surface area contributed by atoms with Crippen molar-refractivity contribution in [2.45, 2.75) is 309 Å². The minimum Gasteiger partial charge on any atom is -0.394 e. The van der Waals surface area contributed by atoms with Crippen LogP contribution in [0.1, 0.15) is 296 Å². The zero-order valence-electron chi connectivity index (χ0n) is 40.7. The van der Waals surface area contributed by atoms with E-state index in [9.17, 15) is 15.0 Å². The number of aliphatic hydroxyl groups excluding tert-OH is 2. The van der Waals surface area contributed by atoms with Crippen molar-refractivity contribution in [3.8, 4) is 0 Å². The van der Waals surface area contributed by atoms with Crippen LogP contribution < -0.4 is 5.32 Å². The average Bonchev–Trinajstić information content (AvgIpc) is 3.25. The number of hydrogen-bond donors (Lipinski definition) is 3. The zero-order chi connectivity index (χ0) is 43.5. The number of aliphatic hydroxyl groups is 2. The lowest BCUT2D eigenvalue weighted by Crippen LogP contribution is -2.45. The molecule has 4 heteroatoms. The fraction of sp³-hybridized carbons (Fsp3) is 0.875. The molecule has 0 radical (unpaired) electrons. The summed E-state index contributed by atoms with van der Waals surface area (Å²) >= 11 is 0. The van der Waals surface area contributed by atoms with E-state index in [2.05, 4.69) is 43.5 Å². The van der Waals surface area contributed by atoms with Gasteiger partial charge in [-0.3, -0.25) is 4.79 Å². The molecule has 0 aliphatic carbocycles. The van der Waals surface area contributed by atoms with Crippen molar-refractivity contribution in [1.29, 1.82) is 0 Å². The molecule has 354 valence electrons. The molecule has 4 nitrogen and oxygen atoms in total. The van der Waals surface area contributed by atoms with Gasteiger partial charge in [-0.25, -0.2) is 0 Å². The fourth-order valence-electron chi connectivity index (χ4n) is 8.52. The van der Waals surface area contributed by atoms with Gasteiger partial charge in [-0.15, -0.1) is 0 Å². The molecule has 2 atom stereocenters. The number of nitrogens with one attached hydrogen (secondary N) is 1. The lowest BCUT2D eigenvalue weighted by molar-refractivity contribution is -0.123. The van der Waals surface area contributed by atoms with Crippen molar-refractivity contribution in [1.82, 2.24) is 5.32 Å². The van der Waals surface area contributed by atoms with Gasteiger partial charge in [0.25, 0.3) is 0 Å². The molecule has 0 saturated heterocycles. The molecule has 0 rings (SSSR count). The molecule has 0 aromatic rings. The molecule has 0 aromatic carbocycles. The lowest BCUT2D eigenvalue weighted by Gasteiger charge is -2.19. The number of carbonyl (C=O) groups excluding carboxylic acids is 1. The van der Waals surface area contributed by atoms with Gasteiger partial charge in [0, 0.05) is 6.42 Å². The molecule has 0 aliphatic heterocycles. The molecule has 0 spiro atoms. The zero-order valence-corrected chi connectivity index (χ0v) is 40.7. The van der Waals surface area contributed by atoms with Crippen LogP contribution in [0.3, 0.4) is 0 Å². The van der Waals surface area contributed by atoms with E-state index < -0.39 is 12.1 Å². The summed E-state index contributed by atoms with van der Waals surface area (Å²) in [7, 11) is 0. The van der Waals surface area contributed by atoms with E-state index in [0.717, 1.165) is 44.9 Å². The van der Waals surface area contributed by atoms with E-state index in [-0.39, 0.29) is 12.5 Å². The van der Waals surface area contributed by atoms with Crippen LogP contribution in [-0.2, 0) is 4.79 Å².